The van der Waals surface area contributed by atoms with Gasteiger partial charge in [0.15, 0.2) is 0 Å². The molecule has 110 valence electrons. The number of fused-ring (bicyclic) bond motifs is 1. The second-order valence-corrected chi connectivity index (χ2v) is 5.39. The Balaban J connectivity index is 2.33. The van der Waals surface area contributed by atoms with Gasteiger partial charge in [0.2, 0.25) is 11.8 Å². The molecule has 2 aromatic carbocycles. The van der Waals surface area contributed by atoms with Crippen molar-refractivity contribution in [3.8, 4) is 0 Å². The number of nitrogens with one attached hydrogen (secondary N) is 1. The van der Waals surface area contributed by atoms with Gasteiger partial charge in [-0.3, -0.25) is 9.59 Å². The van der Waals surface area contributed by atoms with Crippen LogP contribution in [0, 0.1) is 5.92 Å². The smallest absolute Gasteiger partial charge is 0.220 e. The Morgan fingerprint density at radius 2 is 2.00 bits per heavy atom. The summed E-state index contributed by atoms with van der Waals surface area (Å²) in [6.45, 7) is 3.84. The predicted molar refractivity (Wildman–Crippen MR) is 83.5 cm³/mol. The number of hydrogen-bond acceptors (Lipinski definition) is 2. The molecule has 0 fully saturated rings. The van der Waals surface area contributed by atoms with Crippen LogP contribution < -0.4 is 11.1 Å². The molecule has 2 amide bonds. The summed E-state index contributed by atoms with van der Waals surface area (Å²) < 4.78 is 0. The fraction of sp³-hybridized carbons (Fsp3) is 0.294. The third kappa shape index (κ3) is 3.81. The summed E-state index contributed by atoms with van der Waals surface area (Å²) in [5.74, 6) is -0.530. The predicted octanol–water partition coefficient (Wildman–Crippen LogP) is 2.14. The molecule has 0 aromatic heterocycles. The average molecular weight is 284 g/mol. The summed E-state index contributed by atoms with van der Waals surface area (Å²) in [4.78, 5) is 22.3. The molecule has 0 saturated heterocycles. The van der Waals surface area contributed by atoms with Crippen LogP contribution in [0.3, 0.4) is 0 Å². The Bertz CT molecular complexity index is 680. The van der Waals surface area contributed by atoms with Crippen molar-refractivity contribution in [2.45, 2.75) is 26.8 Å². The fourth-order valence-electron chi connectivity index (χ4n) is 2.34. The summed E-state index contributed by atoms with van der Waals surface area (Å²) in [7, 11) is 0. The van der Waals surface area contributed by atoms with Crippen molar-refractivity contribution in [3.05, 3.63) is 47.5 Å². The van der Waals surface area contributed by atoms with Gasteiger partial charge in [-0.2, -0.15) is 0 Å². The lowest BCUT2D eigenvalue weighted by Gasteiger charge is -2.11. The average Bonchev–Trinajstić information content (AvgIpc) is 2.44. The second kappa shape index (κ2) is 6.39. The highest BCUT2D eigenvalue weighted by Crippen LogP contribution is 2.22. The van der Waals surface area contributed by atoms with E-state index in [4.69, 9.17) is 5.73 Å². The molecule has 0 heterocycles. The van der Waals surface area contributed by atoms with E-state index < -0.39 is 0 Å². The quantitative estimate of drug-likeness (QED) is 0.883. The van der Waals surface area contributed by atoms with E-state index in [1.165, 1.54) is 6.92 Å². The standard InChI is InChI=1S/C17H20N2O2/c1-11(17(18)21)8-13-6-7-14-4-3-5-15(16(14)9-13)10-19-12(2)20/h3-7,9,11H,8,10H2,1-2H3,(H2,18,21)(H,19,20). The SMILES string of the molecule is CC(=O)NCc1cccc2ccc(CC(C)C(N)=O)cc12. The number of hydrogen-bond donors (Lipinski definition) is 2. The Hall–Kier alpha value is -2.36. The first-order chi connectivity index (χ1) is 9.97. The minimum atomic E-state index is -0.290. The highest BCUT2D eigenvalue weighted by Gasteiger charge is 2.10. The molecular weight excluding hydrogens is 264 g/mol. The van der Waals surface area contributed by atoms with Crippen LogP contribution in [0.1, 0.15) is 25.0 Å². The molecule has 3 N–H and O–H groups in total. The molecular formula is C17H20N2O2. The van der Waals surface area contributed by atoms with Gasteiger partial charge < -0.3 is 11.1 Å². The van der Waals surface area contributed by atoms with Crippen LogP contribution in [-0.4, -0.2) is 11.8 Å². The fourth-order valence-corrected chi connectivity index (χ4v) is 2.34. The maximum atomic E-state index is 11.2. The first-order valence-electron chi connectivity index (χ1n) is 7.01. The molecule has 4 heteroatoms. The Labute approximate surface area is 124 Å². The van der Waals surface area contributed by atoms with E-state index in [-0.39, 0.29) is 17.7 Å². The minimum Gasteiger partial charge on any atom is -0.369 e. The lowest BCUT2D eigenvalue weighted by atomic mass is 9.96. The number of rotatable bonds is 5. The van der Waals surface area contributed by atoms with Gasteiger partial charge in [-0.1, -0.05) is 43.3 Å². The van der Waals surface area contributed by atoms with E-state index in [2.05, 4.69) is 11.4 Å². The van der Waals surface area contributed by atoms with Crippen molar-refractivity contribution in [3.63, 3.8) is 0 Å². The molecule has 21 heavy (non-hydrogen) atoms. The van der Waals surface area contributed by atoms with Crippen LogP contribution in [-0.2, 0) is 22.6 Å². The number of carbonyl (C=O) groups excluding carboxylic acids is 2. The molecule has 2 rings (SSSR count). The van der Waals surface area contributed by atoms with Crippen LogP contribution in [0.25, 0.3) is 10.8 Å². The lowest BCUT2D eigenvalue weighted by Crippen LogP contribution is -2.22. The van der Waals surface area contributed by atoms with Gasteiger partial charge in [-0.15, -0.1) is 0 Å². The van der Waals surface area contributed by atoms with E-state index in [1.54, 1.807) is 0 Å². The Kier molecular flexibility index (Phi) is 4.58. The summed E-state index contributed by atoms with van der Waals surface area (Å²) in [5.41, 5.74) is 7.46. The topological polar surface area (TPSA) is 72.2 Å². The van der Waals surface area contributed by atoms with Gasteiger partial charge in [0.05, 0.1) is 0 Å². The first kappa shape index (κ1) is 15.0. The largest absolute Gasteiger partial charge is 0.369 e. The highest BCUT2D eigenvalue weighted by atomic mass is 16.1. The zero-order valence-electron chi connectivity index (χ0n) is 12.3. The van der Waals surface area contributed by atoms with Gasteiger partial charge in [0.25, 0.3) is 0 Å². The molecule has 0 saturated carbocycles. The van der Waals surface area contributed by atoms with Gasteiger partial charge in [0.1, 0.15) is 0 Å². The van der Waals surface area contributed by atoms with Crippen LogP contribution in [0.4, 0.5) is 0 Å². The van der Waals surface area contributed by atoms with Gasteiger partial charge in [-0.05, 0) is 28.3 Å². The van der Waals surface area contributed by atoms with E-state index in [1.807, 2.05) is 37.3 Å². The zero-order chi connectivity index (χ0) is 15.4. The normalized spacial score (nSPS) is 12.1. The van der Waals surface area contributed by atoms with E-state index in [0.29, 0.717) is 13.0 Å². The van der Waals surface area contributed by atoms with Crippen molar-refractivity contribution in [1.82, 2.24) is 5.32 Å². The summed E-state index contributed by atoms with van der Waals surface area (Å²) >= 11 is 0. The number of amides is 2. The van der Waals surface area contributed by atoms with Crippen molar-refractivity contribution in [2.75, 3.05) is 0 Å². The van der Waals surface area contributed by atoms with Crippen molar-refractivity contribution < 1.29 is 9.59 Å². The molecule has 2 aromatic rings. The van der Waals surface area contributed by atoms with Gasteiger partial charge in [-0.25, -0.2) is 0 Å². The van der Waals surface area contributed by atoms with Crippen LogP contribution in [0.2, 0.25) is 0 Å². The van der Waals surface area contributed by atoms with Crippen LogP contribution in [0.15, 0.2) is 36.4 Å². The summed E-state index contributed by atoms with van der Waals surface area (Å²) in [5, 5.41) is 5.04. The zero-order valence-corrected chi connectivity index (χ0v) is 12.3. The van der Waals surface area contributed by atoms with Crippen molar-refractivity contribution in [1.29, 1.82) is 0 Å². The Morgan fingerprint density at radius 1 is 1.24 bits per heavy atom. The molecule has 0 bridgehead atoms. The number of primary amides is 1. The second-order valence-electron chi connectivity index (χ2n) is 5.39. The molecule has 0 aliphatic heterocycles. The maximum Gasteiger partial charge on any atom is 0.220 e. The number of benzene rings is 2. The van der Waals surface area contributed by atoms with E-state index in [9.17, 15) is 9.59 Å². The van der Waals surface area contributed by atoms with Gasteiger partial charge >= 0.3 is 0 Å². The van der Waals surface area contributed by atoms with E-state index >= 15 is 0 Å². The third-order valence-corrected chi connectivity index (χ3v) is 3.59. The maximum absolute atomic E-state index is 11.2. The molecule has 0 aliphatic rings. The van der Waals surface area contributed by atoms with E-state index in [0.717, 1.165) is 21.9 Å². The van der Waals surface area contributed by atoms with Gasteiger partial charge in [0, 0.05) is 19.4 Å². The molecule has 4 nitrogen and oxygen atoms in total. The minimum absolute atomic E-state index is 0.0505. The van der Waals surface area contributed by atoms with Crippen molar-refractivity contribution >= 4 is 22.6 Å². The third-order valence-electron chi connectivity index (χ3n) is 3.59. The van der Waals surface area contributed by atoms with Crippen LogP contribution >= 0.6 is 0 Å². The lowest BCUT2D eigenvalue weighted by molar-refractivity contribution is -0.121. The number of carbonyl (C=O) groups is 2. The summed E-state index contributed by atoms with van der Waals surface area (Å²) in [6, 6.07) is 12.1. The molecule has 1 unspecified atom stereocenters. The van der Waals surface area contributed by atoms with Crippen LogP contribution in [0.5, 0.6) is 0 Å². The highest BCUT2D eigenvalue weighted by molar-refractivity contribution is 5.87. The monoisotopic (exact) mass is 284 g/mol. The summed E-state index contributed by atoms with van der Waals surface area (Å²) in [6.07, 6.45) is 0.625. The first-order valence-corrected chi connectivity index (χ1v) is 7.01. The van der Waals surface area contributed by atoms with Crippen molar-refractivity contribution in [2.24, 2.45) is 11.7 Å². The molecule has 0 aliphatic carbocycles. The Morgan fingerprint density at radius 3 is 2.67 bits per heavy atom. The molecule has 1 atom stereocenters. The number of nitrogens with two attached hydrogens (primary N) is 1. The molecule has 0 spiro atoms. The molecule has 0 radical (unpaired) electrons.